The molecule has 42 heavy (non-hydrogen) atoms. The highest BCUT2D eigenvalue weighted by molar-refractivity contribution is 5.96. The Bertz CT molecular complexity index is 1850. The molecule has 1 amide bonds. The summed E-state index contributed by atoms with van der Waals surface area (Å²) >= 11 is 0. The van der Waals surface area contributed by atoms with Gasteiger partial charge in [0, 0.05) is 53.9 Å². The van der Waals surface area contributed by atoms with Crippen LogP contribution in [0.3, 0.4) is 0 Å². The largest absolute Gasteiger partial charge is 0.482 e. The van der Waals surface area contributed by atoms with Crippen molar-refractivity contribution >= 4 is 28.4 Å². The van der Waals surface area contributed by atoms with Crippen molar-refractivity contribution in [1.29, 1.82) is 0 Å². The molecule has 1 saturated carbocycles. The molecule has 1 atom stereocenters. The molecule has 0 aromatic carbocycles. The highest BCUT2D eigenvalue weighted by atomic mass is 16.5. The van der Waals surface area contributed by atoms with E-state index in [1.165, 1.54) is 12.8 Å². The lowest BCUT2D eigenvalue weighted by molar-refractivity contribution is 0.0708. The van der Waals surface area contributed by atoms with Gasteiger partial charge in [-0.05, 0) is 81.8 Å². The van der Waals surface area contributed by atoms with Crippen LogP contribution >= 0.6 is 0 Å². The smallest absolute Gasteiger partial charge is 0.254 e. The third-order valence-electron chi connectivity index (χ3n) is 8.63. The van der Waals surface area contributed by atoms with Gasteiger partial charge in [-0.25, -0.2) is 15.0 Å². The van der Waals surface area contributed by atoms with Crippen molar-refractivity contribution in [3.05, 3.63) is 59.4 Å². The number of carbonyl (C=O) groups excluding carboxylic acids is 1. The molecule has 10 heteroatoms. The summed E-state index contributed by atoms with van der Waals surface area (Å²) in [6, 6.07) is 13.8. The van der Waals surface area contributed by atoms with Crippen LogP contribution < -0.4 is 16.2 Å². The predicted molar refractivity (Wildman–Crippen MR) is 163 cm³/mol. The second-order valence-corrected chi connectivity index (χ2v) is 11.7. The van der Waals surface area contributed by atoms with Gasteiger partial charge >= 0.3 is 0 Å². The summed E-state index contributed by atoms with van der Waals surface area (Å²) < 4.78 is 10.1. The number of imidazole rings is 1. The summed E-state index contributed by atoms with van der Waals surface area (Å²) in [6.07, 6.45) is 4.28. The molecule has 1 aliphatic carbocycles. The molecule has 4 N–H and O–H groups in total. The van der Waals surface area contributed by atoms with Crippen LogP contribution in [0.25, 0.3) is 39.3 Å². The predicted octanol–water partition coefficient (Wildman–Crippen LogP) is 4.59. The molecule has 5 aromatic rings. The van der Waals surface area contributed by atoms with Gasteiger partial charge in [0.05, 0.1) is 24.2 Å². The van der Waals surface area contributed by atoms with E-state index in [0.717, 1.165) is 64.5 Å². The molecule has 216 valence electrons. The van der Waals surface area contributed by atoms with Crippen molar-refractivity contribution in [2.75, 3.05) is 25.9 Å². The first-order valence-electron chi connectivity index (χ1n) is 14.7. The second kappa shape index (κ2) is 10.1. The fourth-order valence-corrected chi connectivity index (χ4v) is 6.24. The first-order valence-corrected chi connectivity index (χ1v) is 14.7. The molecule has 10 nitrogen and oxygen atoms in total. The minimum Gasteiger partial charge on any atom is -0.482 e. The summed E-state index contributed by atoms with van der Waals surface area (Å²) in [5.74, 6) is 1.65. The standard InChI is InChI=1S/C32H36N8O2/c1-18-24(9-11-27(34)35-18)25-10-8-21-13-26(39(31(21)36-25)16-20-6-7-20)30-19(2)40-28(37-30)14-22(15-29(40)42-3)32(41)38-12-4-5-23(33)17-38/h8-11,13-15,20,23H,4-7,12,16-17,33H2,1-3H3,(H2,34,35)/t23-/m1/s1. The molecule has 5 aromatic heterocycles. The topological polar surface area (TPSA) is 130 Å². The van der Waals surface area contributed by atoms with Crippen LogP contribution in [0.5, 0.6) is 5.88 Å². The van der Waals surface area contributed by atoms with Crippen molar-refractivity contribution in [3.63, 3.8) is 0 Å². The van der Waals surface area contributed by atoms with Crippen molar-refractivity contribution in [1.82, 2.24) is 28.8 Å². The SMILES string of the molecule is COc1cc(C(=O)N2CCC[C@@H](N)C2)cc2nc(-c3cc4ccc(-c5ccc(N)nc5C)nc4n3CC3CC3)c(C)n12. The first-order chi connectivity index (χ1) is 20.3. The van der Waals surface area contributed by atoms with E-state index in [0.29, 0.717) is 41.9 Å². The Balaban J connectivity index is 1.35. The van der Waals surface area contributed by atoms with Crippen LogP contribution in [-0.2, 0) is 6.54 Å². The number of aryl methyl sites for hydroxylation is 2. The zero-order valence-electron chi connectivity index (χ0n) is 24.3. The Labute approximate surface area is 244 Å². The lowest BCUT2D eigenvalue weighted by Gasteiger charge is -2.30. The first kappa shape index (κ1) is 26.5. The number of likely N-dealkylation sites (tertiary alicyclic amines) is 1. The number of methoxy groups -OCH3 is 1. The quantitative estimate of drug-likeness (QED) is 0.308. The van der Waals surface area contributed by atoms with Crippen LogP contribution in [0.4, 0.5) is 5.82 Å². The molecule has 0 bridgehead atoms. The van der Waals surface area contributed by atoms with Crippen LogP contribution in [0.2, 0.25) is 0 Å². The highest BCUT2D eigenvalue weighted by Gasteiger charge is 2.28. The lowest BCUT2D eigenvalue weighted by atomic mass is 10.1. The Morgan fingerprint density at radius 1 is 1.05 bits per heavy atom. The highest BCUT2D eigenvalue weighted by Crippen LogP contribution is 2.38. The number of hydrogen-bond donors (Lipinski definition) is 2. The molecule has 0 radical (unpaired) electrons. The molecule has 7 rings (SSSR count). The van der Waals surface area contributed by atoms with Crippen molar-refractivity contribution < 1.29 is 9.53 Å². The number of piperidine rings is 1. The summed E-state index contributed by atoms with van der Waals surface area (Å²) in [5.41, 5.74) is 19.7. The summed E-state index contributed by atoms with van der Waals surface area (Å²) in [7, 11) is 1.63. The molecule has 2 aliphatic rings. The number of anilines is 1. The maximum Gasteiger partial charge on any atom is 0.254 e. The van der Waals surface area contributed by atoms with E-state index in [4.69, 9.17) is 26.2 Å². The van der Waals surface area contributed by atoms with E-state index in [2.05, 4.69) is 21.7 Å². The van der Waals surface area contributed by atoms with Crippen LogP contribution in [0.15, 0.2) is 42.5 Å². The molecular formula is C32H36N8O2. The van der Waals surface area contributed by atoms with Crippen molar-refractivity contribution in [2.24, 2.45) is 11.7 Å². The number of hydrogen-bond acceptors (Lipinski definition) is 7. The van der Waals surface area contributed by atoms with E-state index >= 15 is 0 Å². The normalized spacial score (nSPS) is 17.3. The number of ether oxygens (including phenoxy) is 1. The van der Waals surface area contributed by atoms with Gasteiger partial charge in [-0.15, -0.1) is 0 Å². The van der Waals surface area contributed by atoms with Gasteiger partial charge in [0.1, 0.15) is 22.8 Å². The van der Waals surface area contributed by atoms with Gasteiger partial charge in [-0.3, -0.25) is 9.20 Å². The van der Waals surface area contributed by atoms with Gasteiger partial charge in [0.2, 0.25) is 0 Å². The molecule has 6 heterocycles. The fraction of sp³-hybridized carbons (Fsp3) is 0.375. The number of amides is 1. The number of nitrogen functional groups attached to an aromatic ring is 1. The van der Waals surface area contributed by atoms with Crippen LogP contribution in [0.1, 0.15) is 47.4 Å². The molecule has 2 fully saturated rings. The maximum atomic E-state index is 13.5. The van der Waals surface area contributed by atoms with Gasteiger partial charge < -0.3 is 25.7 Å². The molecule has 0 spiro atoms. The fourth-order valence-electron chi connectivity index (χ4n) is 6.24. The van der Waals surface area contributed by atoms with E-state index in [1.807, 2.05) is 53.5 Å². The molecule has 0 unspecified atom stereocenters. The average Bonchev–Trinajstić information content (AvgIpc) is 3.65. The molecule has 1 saturated heterocycles. The van der Waals surface area contributed by atoms with Crippen LogP contribution in [0, 0.1) is 19.8 Å². The number of rotatable bonds is 6. The Hall–Kier alpha value is -4.44. The van der Waals surface area contributed by atoms with Crippen molar-refractivity contribution in [3.8, 4) is 28.5 Å². The van der Waals surface area contributed by atoms with Gasteiger partial charge in [-0.2, -0.15) is 0 Å². The maximum absolute atomic E-state index is 13.5. The number of carbonyl (C=O) groups is 1. The minimum atomic E-state index is -0.0415. The van der Waals surface area contributed by atoms with Gasteiger partial charge in [0.25, 0.3) is 5.91 Å². The number of nitrogens with two attached hydrogens (primary N) is 2. The molecular weight excluding hydrogens is 528 g/mol. The number of nitrogens with zero attached hydrogens (tertiary/aromatic N) is 6. The number of aromatic nitrogens is 5. The minimum absolute atomic E-state index is 0.0105. The van der Waals surface area contributed by atoms with E-state index in [-0.39, 0.29) is 11.9 Å². The third kappa shape index (κ3) is 4.56. The summed E-state index contributed by atoms with van der Waals surface area (Å²) in [4.78, 5) is 30.0. The Morgan fingerprint density at radius 3 is 2.62 bits per heavy atom. The Kier molecular flexibility index (Phi) is 6.38. The number of fused-ring (bicyclic) bond motifs is 2. The zero-order valence-corrected chi connectivity index (χ0v) is 24.3. The summed E-state index contributed by atoms with van der Waals surface area (Å²) in [5, 5.41) is 1.05. The van der Waals surface area contributed by atoms with Gasteiger partial charge in [-0.1, -0.05) is 0 Å². The third-order valence-corrected chi connectivity index (χ3v) is 8.63. The summed E-state index contributed by atoms with van der Waals surface area (Å²) in [6.45, 7) is 6.15. The Morgan fingerprint density at radius 2 is 1.88 bits per heavy atom. The molecule has 1 aliphatic heterocycles. The van der Waals surface area contributed by atoms with E-state index < -0.39 is 0 Å². The zero-order chi connectivity index (χ0) is 29.1. The van der Waals surface area contributed by atoms with Crippen molar-refractivity contribution in [2.45, 2.75) is 52.1 Å². The van der Waals surface area contributed by atoms with Crippen LogP contribution in [-0.4, -0.2) is 61.0 Å². The monoisotopic (exact) mass is 564 g/mol. The average molecular weight is 565 g/mol. The lowest BCUT2D eigenvalue weighted by Crippen LogP contribution is -2.45. The van der Waals surface area contributed by atoms with Gasteiger partial charge in [0.15, 0.2) is 5.88 Å². The van der Waals surface area contributed by atoms with E-state index in [1.54, 1.807) is 7.11 Å². The number of pyridine rings is 3. The van der Waals surface area contributed by atoms with E-state index in [9.17, 15) is 4.79 Å². The second-order valence-electron chi connectivity index (χ2n) is 11.7.